The minimum Gasteiger partial charge on any atom is -0.398 e. The van der Waals surface area contributed by atoms with Crippen molar-refractivity contribution < 1.29 is 4.79 Å². The van der Waals surface area contributed by atoms with Gasteiger partial charge < -0.3 is 11.1 Å². The molecule has 0 saturated heterocycles. The first-order chi connectivity index (χ1) is 7.15. The van der Waals surface area contributed by atoms with E-state index in [9.17, 15) is 4.79 Å². The second kappa shape index (κ2) is 5.20. The molecule has 0 radical (unpaired) electrons. The number of carbonyl (C=O) groups is 1. The van der Waals surface area contributed by atoms with Crippen LogP contribution in [0.2, 0.25) is 0 Å². The van der Waals surface area contributed by atoms with E-state index in [1.54, 1.807) is 18.2 Å². The number of carbonyl (C=O) groups excluding carboxylic acids is 1. The Bertz CT molecular complexity index is 372. The number of nitrogens with two attached hydrogens (primary N) is 1. The van der Waals surface area contributed by atoms with E-state index < -0.39 is 0 Å². The first kappa shape index (κ1) is 11.3. The van der Waals surface area contributed by atoms with Gasteiger partial charge in [0.1, 0.15) is 0 Å². The monoisotopic (exact) mass is 204 g/mol. The van der Waals surface area contributed by atoms with Crippen molar-refractivity contribution >= 4 is 11.6 Å². The Morgan fingerprint density at radius 1 is 1.60 bits per heavy atom. The molecule has 1 aromatic rings. The summed E-state index contributed by atoms with van der Waals surface area (Å²) in [5.74, 6) is -0.0939. The molecular formula is C12H16N2O. The zero-order valence-corrected chi connectivity index (χ0v) is 8.92. The van der Waals surface area contributed by atoms with E-state index in [0.717, 1.165) is 12.0 Å². The summed E-state index contributed by atoms with van der Waals surface area (Å²) in [4.78, 5) is 11.6. The van der Waals surface area contributed by atoms with Gasteiger partial charge in [0.05, 0.1) is 0 Å². The van der Waals surface area contributed by atoms with Gasteiger partial charge in [0.15, 0.2) is 0 Å². The number of rotatable bonds is 4. The van der Waals surface area contributed by atoms with Crippen molar-refractivity contribution in [2.75, 3.05) is 12.3 Å². The van der Waals surface area contributed by atoms with Crippen molar-refractivity contribution in [1.82, 2.24) is 5.32 Å². The molecule has 0 fully saturated rings. The van der Waals surface area contributed by atoms with Gasteiger partial charge >= 0.3 is 0 Å². The van der Waals surface area contributed by atoms with Crippen molar-refractivity contribution in [1.29, 1.82) is 0 Å². The molecule has 1 rings (SSSR count). The number of hydrogen-bond acceptors (Lipinski definition) is 2. The van der Waals surface area contributed by atoms with E-state index in [0.29, 0.717) is 17.8 Å². The third kappa shape index (κ3) is 3.13. The van der Waals surface area contributed by atoms with Crippen LogP contribution in [-0.2, 0) is 0 Å². The van der Waals surface area contributed by atoms with Crippen molar-refractivity contribution in [2.45, 2.75) is 13.3 Å². The van der Waals surface area contributed by atoms with Crippen LogP contribution in [0, 0.1) is 6.92 Å². The molecule has 0 heterocycles. The van der Waals surface area contributed by atoms with Gasteiger partial charge in [-0.3, -0.25) is 4.79 Å². The second-order valence-corrected chi connectivity index (χ2v) is 3.40. The molecule has 0 unspecified atom stereocenters. The fraction of sp³-hybridized carbons (Fsp3) is 0.250. The lowest BCUT2D eigenvalue weighted by atomic mass is 10.1. The molecule has 1 amide bonds. The first-order valence-electron chi connectivity index (χ1n) is 4.90. The Morgan fingerprint density at radius 3 is 2.93 bits per heavy atom. The van der Waals surface area contributed by atoms with Crippen molar-refractivity contribution in [3.63, 3.8) is 0 Å². The van der Waals surface area contributed by atoms with Gasteiger partial charge in [0.2, 0.25) is 0 Å². The zero-order chi connectivity index (χ0) is 11.3. The topological polar surface area (TPSA) is 55.1 Å². The second-order valence-electron chi connectivity index (χ2n) is 3.40. The smallest absolute Gasteiger partial charge is 0.251 e. The SMILES string of the molecule is C=CCCNC(=O)c1ccc(C)c(N)c1. The van der Waals surface area contributed by atoms with Crippen LogP contribution in [0.1, 0.15) is 22.3 Å². The molecule has 0 aliphatic rings. The lowest BCUT2D eigenvalue weighted by Crippen LogP contribution is -2.24. The van der Waals surface area contributed by atoms with E-state index in [-0.39, 0.29) is 5.91 Å². The van der Waals surface area contributed by atoms with Gasteiger partial charge in [-0.05, 0) is 31.0 Å². The molecule has 3 heteroatoms. The Kier molecular flexibility index (Phi) is 3.92. The summed E-state index contributed by atoms with van der Waals surface area (Å²) in [6, 6.07) is 5.31. The molecule has 3 nitrogen and oxygen atoms in total. The molecule has 0 aliphatic carbocycles. The maximum atomic E-state index is 11.6. The molecule has 15 heavy (non-hydrogen) atoms. The first-order valence-corrected chi connectivity index (χ1v) is 4.90. The number of nitrogen functional groups attached to an aromatic ring is 1. The molecule has 3 N–H and O–H groups in total. The number of aryl methyl sites for hydroxylation is 1. The van der Waals surface area contributed by atoms with E-state index >= 15 is 0 Å². The van der Waals surface area contributed by atoms with Crippen LogP contribution in [-0.4, -0.2) is 12.5 Å². The van der Waals surface area contributed by atoms with E-state index in [2.05, 4.69) is 11.9 Å². The Labute approximate surface area is 90.0 Å². The van der Waals surface area contributed by atoms with Gasteiger partial charge in [-0.1, -0.05) is 12.1 Å². The predicted molar refractivity (Wildman–Crippen MR) is 62.7 cm³/mol. The fourth-order valence-electron chi connectivity index (χ4n) is 1.17. The largest absolute Gasteiger partial charge is 0.398 e. The lowest BCUT2D eigenvalue weighted by Gasteiger charge is -2.05. The molecule has 0 saturated carbocycles. The summed E-state index contributed by atoms with van der Waals surface area (Å²) >= 11 is 0. The van der Waals surface area contributed by atoms with Crippen molar-refractivity contribution in [3.05, 3.63) is 42.0 Å². The zero-order valence-electron chi connectivity index (χ0n) is 8.92. The van der Waals surface area contributed by atoms with Gasteiger partial charge in [-0.15, -0.1) is 6.58 Å². The highest BCUT2D eigenvalue weighted by Crippen LogP contribution is 2.12. The van der Waals surface area contributed by atoms with Crippen molar-refractivity contribution in [3.8, 4) is 0 Å². The average Bonchev–Trinajstić information content (AvgIpc) is 2.22. The molecule has 1 aromatic carbocycles. The lowest BCUT2D eigenvalue weighted by molar-refractivity contribution is 0.0954. The highest BCUT2D eigenvalue weighted by Gasteiger charge is 2.05. The Balaban J connectivity index is 2.65. The number of benzene rings is 1. The van der Waals surface area contributed by atoms with E-state index in [1.165, 1.54) is 0 Å². The van der Waals surface area contributed by atoms with Gasteiger partial charge in [-0.25, -0.2) is 0 Å². The molecule has 0 spiro atoms. The molecule has 80 valence electrons. The minimum absolute atomic E-state index is 0.0939. The molecule has 0 bridgehead atoms. The van der Waals surface area contributed by atoms with Crippen LogP contribution in [0.4, 0.5) is 5.69 Å². The molecule has 0 aliphatic heterocycles. The van der Waals surface area contributed by atoms with Crippen LogP contribution >= 0.6 is 0 Å². The summed E-state index contributed by atoms with van der Waals surface area (Å²) in [5.41, 5.74) is 7.95. The van der Waals surface area contributed by atoms with Crippen LogP contribution in [0.25, 0.3) is 0 Å². The summed E-state index contributed by atoms with van der Waals surface area (Å²) < 4.78 is 0. The molecule has 0 atom stereocenters. The quantitative estimate of drug-likeness (QED) is 0.447. The van der Waals surface area contributed by atoms with Gasteiger partial charge in [-0.2, -0.15) is 0 Å². The predicted octanol–water partition coefficient (Wildman–Crippen LogP) is 1.88. The summed E-state index contributed by atoms with van der Waals surface area (Å²) in [6.45, 7) is 6.10. The fourth-order valence-corrected chi connectivity index (χ4v) is 1.17. The van der Waals surface area contributed by atoms with Crippen molar-refractivity contribution in [2.24, 2.45) is 0 Å². The van der Waals surface area contributed by atoms with Gasteiger partial charge in [0, 0.05) is 17.8 Å². The summed E-state index contributed by atoms with van der Waals surface area (Å²) in [6.07, 6.45) is 2.54. The van der Waals surface area contributed by atoms with E-state index in [4.69, 9.17) is 5.73 Å². The summed E-state index contributed by atoms with van der Waals surface area (Å²) in [5, 5.41) is 2.78. The third-order valence-electron chi connectivity index (χ3n) is 2.18. The molecular weight excluding hydrogens is 188 g/mol. The highest BCUT2D eigenvalue weighted by molar-refractivity contribution is 5.95. The Hall–Kier alpha value is -1.77. The Morgan fingerprint density at radius 2 is 2.33 bits per heavy atom. The van der Waals surface area contributed by atoms with Crippen LogP contribution in [0.3, 0.4) is 0 Å². The van der Waals surface area contributed by atoms with Gasteiger partial charge in [0.25, 0.3) is 5.91 Å². The maximum absolute atomic E-state index is 11.6. The number of anilines is 1. The minimum atomic E-state index is -0.0939. The number of nitrogens with one attached hydrogen (secondary N) is 1. The summed E-state index contributed by atoms with van der Waals surface area (Å²) in [7, 11) is 0. The normalized spacial score (nSPS) is 9.67. The van der Waals surface area contributed by atoms with Crippen LogP contribution in [0.15, 0.2) is 30.9 Å². The van der Waals surface area contributed by atoms with Crippen LogP contribution < -0.4 is 11.1 Å². The molecule has 0 aromatic heterocycles. The highest BCUT2D eigenvalue weighted by atomic mass is 16.1. The van der Waals surface area contributed by atoms with Crippen LogP contribution in [0.5, 0.6) is 0 Å². The average molecular weight is 204 g/mol. The standard InChI is InChI=1S/C12H16N2O/c1-3-4-7-14-12(15)10-6-5-9(2)11(13)8-10/h3,5-6,8H,1,4,7,13H2,2H3,(H,14,15). The number of hydrogen-bond donors (Lipinski definition) is 2. The maximum Gasteiger partial charge on any atom is 0.251 e. The van der Waals surface area contributed by atoms with E-state index in [1.807, 2.05) is 13.0 Å². The third-order valence-corrected chi connectivity index (χ3v) is 2.18. The number of amides is 1.